The number of carbonyl (C=O) groups is 1. The number of aromatic nitrogens is 2. The monoisotopic (exact) mass is 353 g/mol. The minimum absolute atomic E-state index is 0.134. The zero-order chi connectivity index (χ0) is 18.2. The molecular weight excluding hydrogens is 342 g/mol. The van der Waals surface area contributed by atoms with Gasteiger partial charge in [0, 0.05) is 24.5 Å². The van der Waals surface area contributed by atoms with Crippen LogP contribution in [0.15, 0.2) is 42.7 Å². The summed E-state index contributed by atoms with van der Waals surface area (Å²) in [7, 11) is 0. The highest BCUT2D eigenvalue weighted by Gasteiger charge is 2.34. The molecule has 0 radical (unpaired) electrons. The molecule has 0 spiro atoms. The Bertz CT molecular complexity index is 950. The lowest BCUT2D eigenvalue weighted by Crippen LogP contribution is -2.14. The molecular formula is C16H11F4N3O2. The molecule has 0 fully saturated rings. The number of pyridine rings is 1. The van der Waals surface area contributed by atoms with E-state index in [4.69, 9.17) is 0 Å². The number of hydrogen-bond donors (Lipinski definition) is 2. The average molecular weight is 353 g/mol. The van der Waals surface area contributed by atoms with Gasteiger partial charge in [-0.3, -0.25) is 4.40 Å². The van der Waals surface area contributed by atoms with Crippen molar-refractivity contribution in [3.8, 4) is 0 Å². The van der Waals surface area contributed by atoms with E-state index in [0.717, 1.165) is 6.07 Å². The van der Waals surface area contributed by atoms with Crippen molar-refractivity contribution in [3.05, 3.63) is 65.4 Å². The van der Waals surface area contributed by atoms with Crippen LogP contribution in [0, 0.1) is 5.82 Å². The van der Waals surface area contributed by atoms with Crippen LogP contribution in [0.4, 0.5) is 23.2 Å². The fourth-order valence-electron chi connectivity index (χ4n) is 2.48. The van der Waals surface area contributed by atoms with Crippen LogP contribution in [0.1, 0.15) is 21.6 Å². The first-order chi connectivity index (χ1) is 11.8. The molecule has 0 bridgehead atoms. The van der Waals surface area contributed by atoms with Crippen molar-refractivity contribution in [1.29, 1.82) is 0 Å². The Morgan fingerprint density at radius 3 is 2.68 bits per heavy atom. The number of benzene rings is 1. The molecule has 3 aromatic rings. The van der Waals surface area contributed by atoms with E-state index in [-0.39, 0.29) is 23.5 Å². The van der Waals surface area contributed by atoms with Gasteiger partial charge in [-0.2, -0.15) is 13.2 Å². The van der Waals surface area contributed by atoms with E-state index in [9.17, 15) is 27.5 Å². The number of imidazole rings is 1. The Hall–Kier alpha value is -3.10. The third-order valence-corrected chi connectivity index (χ3v) is 3.62. The Balaban J connectivity index is 1.94. The predicted molar refractivity (Wildman–Crippen MR) is 80.9 cm³/mol. The SMILES string of the molecule is O=C(O)c1c(NCc2cccc(C(F)(F)F)c2F)ccc2nccn12. The van der Waals surface area contributed by atoms with Crippen LogP contribution in [0.5, 0.6) is 0 Å². The van der Waals surface area contributed by atoms with Crippen molar-refractivity contribution < 1.29 is 27.5 Å². The van der Waals surface area contributed by atoms with E-state index in [0.29, 0.717) is 11.7 Å². The number of nitrogens with zero attached hydrogens (tertiary/aromatic N) is 2. The predicted octanol–water partition coefficient (Wildman–Crippen LogP) is 3.80. The first-order valence-corrected chi connectivity index (χ1v) is 7.07. The lowest BCUT2D eigenvalue weighted by Gasteiger charge is -2.14. The minimum Gasteiger partial charge on any atom is -0.476 e. The lowest BCUT2D eigenvalue weighted by molar-refractivity contribution is -0.140. The molecule has 0 saturated heterocycles. The van der Waals surface area contributed by atoms with Crippen molar-refractivity contribution >= 4 is 17.3 Å². The number of fused-ring (bicyclic) bond motifs is 1. The molecule has 130 valence electrons. The number of carboxylic acid groups (broad SMARTS) is 1. The summed E-state index contributed by atoms with van der Waals surface area (Å²) in [6.45, 7) is -0.309. The Kier molecular flexibility index (Phi) is 4.07. The number of carboxylic acids is 1. The average Bonchev–Trinajstić information content (AvgIpc) is 3.00. The molecule has 3 rings (SSSR count). The highest BCUT2D eigenvalue weighted by atomic mass is 19.4. The van der Waals surface area contributed by atoms with Gasteiger partial charge in [0.1, 0.15) is 11.5 Å². The van der Waals surface area contributed by atoms with Crippen molar-refractivity contribution in [1.82, 2.24) is 9.38 Å². The standard InChI is InChI=1S/C16H11F4N3O2/c17-13-9(2-1-3-10(13)16(18,19)20)8-22-11-4-5-12-21-6-7-23(12)14(11)15(24)25/h1-7,22H,8H2,(H,24,25). The van der Waals surface area contributed by atoms with Crippen molar-refractivity contribution in [2.75, 3.05) is 5.32 Å². The van der Waals surface area contributed by atoms with Crippen molar-refractivity contribution in [2.24, 2.45) is 0 Å². The third kappa shape index (κ3) is 3.12. The molecule has 0 saturated carbocycles. The number of hydrogen-bond acceptors (Lipinski definition) is 3. The van der Waals surface area contributed by atoms with Crippen LogP contribution in [-0.4, -0.2) is 20.5 Å². The Morgan fingerprint density at radius 1 is 1.24 bits per heavy atom. The number of halogens is 4. The summed E-state index contributed by atoms with van der Waals surface area (Å²) in [5.41, 5.74) is -1.21. The van der Waals surface area contributed by atoms with Gasteiger partial charge in [0.05, 0.1) is 11.3 Å². The fraction of sp³-hybridized carbons (Fsp3) is 0.125. The molecule has 2 N–H and O–H groups in total. The molecule has 9 heteroatoms. The van der Waals surface area contributed by atoms with E-state index in [1.165, 1.54) is 35.0 Å². The van der Waals surface area contributed by atoms with E-state index in [1.54, 1.807) is 0 Å². The zero-order valence-corrected chi connectivity index (χ0v) is 12.5. The van der Waals surface area contributed by atoms with Gasteiger partial charge in [-0.05, 0) is 18.2 Å². The first kappa shape index (κ1) is 16.7. The highest BCUT2D eigenvalue weighted by molar-refractivity contribution is 5.93. The fourth-order valence-corrected chi connectivity index (χ4v) is 2.48. The lowest BCUT2D eigenvalue weighted by atomic mass is 10.1. The van der Waals surface area contributed by atoms with Gasteiger partial charge >= 0.3 is 12.1 Å². The smallest absolute Gasteiger partial charge is 0.419 e. The van der Waals surface area contributed by atoms with Gasteiger partial charge in [0.25, 0.3) is 0 Å². The number of nitrogens with one attached hydrogen (secondary N) is 1. The van der Waals surface area contributed by atoms with Crippen LogP contribution < -0.4 is 5.32 Å². The maximum Gasteiger partial charge on any atom is 0.419 e. The molecule has 25 heavy (non-hydrogen) atoms. The van der Waals surface area contributed by atoms with Crippen LogP contribution in [-0.2, 0) is 12.7 Å². The largest absolute Gasteiger partial charge is 0.476 e. The number of rotatable bonds is 4. The van der Waals surface area contributed by atoms with Gasteiger partial charge < -0.3 is 10.4 Å². The highest BCUT2D eigenvalue weighted by Crippen LogP contribution is 2.32. The summed E-state index contributed by atoms with van der Waals surface area (Å²) in [5, 5.41) is 12.0. The number of alkyl halides is 3. The Labute approximate surface area is 138 Å². The number of aromatic carboxylic acids is 1. The molecule has 0 atom stereocenters. The second kappa shape index (κ2) is 6.08. The Morgan fingerprint density at radius 2 is 2.00 bits per heavy atom. The molecule has 1 aromatic carbocycles. The van der Waals surface area contributed by atoms with E-state index < -0.39 is 23.5 Å². The molecule has 0 aliphatic heterocycles. The third-order valence-electron chi connectivity index (χ3n) is 3.62. The van der Waals surface area contributed by atoms with Gasteiger partial charge in [-0.1, -0.05) is 12.1 Å². The maximum atomic E-state index is 14.0. The molecule has 0 unspecified atom stereocenters. The molecule has 0 aliphatic rings. The summed E-state index contributed by atoms with van der Waals surface area (Å²) in [6, 6.07) is 5.92. The van der Waals surface area contributed by atoms with E-state index in [2.05, 4.69) is 10.3 Å². The summed E-state index contributed by atoms with van der Waals surface area (Å²) < 4.78 is 53.6. The van der Waals surface area contributed by atoms with Gasteiger partial charge in [0.15, 0.2) is 5.69 Å². The van der Waals surface area contributed by atoms with Gasteiger partial charge in [-0.15, -0.1) is 0 Å². The summed E-state index contributed by atoms with van der Waals surface area (Å²) in [4.78, 5) is 15.4. The molecule has 0 amide bonds. The summed E-state index contributed by atoms with van der Waals surface area (Å²) in [5.74, 6) is -2.64. The second-order valence-corrected chi connectivity index (χ2v) is 5.19. The summed E-state index contributed by atoms with van der Waals surface area (Å²) >= 11 is 0. The number of anilines is 1. The van der Waals surface area contributed by atoms with Crippen LogP contribution in [0.2, 0.25) is 0 Å². The quantitative estimate of drug-likeness (QED) is 0.700. The normalized spacial score (nSPS) is 11.7. The van der Waals surface area contributed by atoms with Gasteiger partial charge in [0.2, 0.25) is 0 Å². The molecule has 2 aromatic heterocycles. The minimum atomic E-state index is -4.80. The van der Waals surface area contributed by atoms with Crippen molar-refractivity contribution in [3.63, 3.8) is 0 Å². The van der Waals surface area contributed by atoms with Crippen molar-refractivity contribution in [2.45, 2.75) is 12.7 Å². The molecule has 5 nitrogen and oxygen atoms in total. The second-order valence-electron chi connectivity index (χ2n) is 5.19. The molecule has 0 aliphatic carbocycles. The van der Waals surface area contributed by atoms with E-state index >= 15 is 0 Å². The van der Waals surface area contributed by atoms with Crippen LogP contribution in [0.3, 0.4) is 0 Å². The van der Waals surface area contributed by atoms with E-state index in [1.807, 2.05) is 0 Å². The summed E-state index contributed by atoms with van der Waals surface area (Å²) in [6.07, 6.45) is -1.95. The zero-order valence-electron chi connectivity index (χ0n) is 12.5. The topological polar surface area (TPSA) is 66.6 Å². The van der Waals surface area contributed by atoms with Crippen LogP contribution >= 0.6 is 0 Å². The maximum absolute atomic E-state index is 14.0. The van der Waals surface area contributed by atoms with Crippen LogP contribution in [0.25, 0.3) is 5.65 Å². The molecule has 2 heterocycles. The van der Waals surface area contributed by atoms with Gasteiger partial charge in [-0.25, -0.2) is 14.2 Å². The first-order valence-electron chi connectivity index (χ1n) is 7.07.